The molecule has 1 atom stereocenters. The van der Waals surface area contributed by atoms with Gasteiger partial charge >= 0.3 is 0 Å². The first-order chi connectivity index (χ1) is 7.05. The predicted molar refractivity (Wildman–Crippen MR) is 56.4 cm³/mol. The van der Waals surface area contributed by atoms with Crippen LogP contribution in [0.5, 0.6) is 0 Å². The summed E-state index contributed by atoms with van der Waals surface area (Å²) in [5.41, 5.74) is -0.530. The van der Waals surface area contributed by atoms with E-state index < -0.39 is 5.60 Å². The lowest BCUT2D eigenvalue weighted by Gasteiger charge is -2.17. The highest BCUT2D eigenvalue weighted by atomic mass is 16.5. The van der Waals surface area contributed by atoms with Crippen LogP contribution in [0.15, 0.2) is 4.42 Å². The van der Waals surface area contributed by atoms with Crippen LogP contribution in [0.25, 0.3) is 0 Å². The topological polar surface area (TPSA) is 60.2 Å². The molecule has 1 aromatic heterocycles. The predicted octanol–water partition coefficient (Wildman–Crippen LogP) is 1.62. The fourth-order valence-corrected chi connectivity index (χ4v) is 1.21. The van der Waals surface area contributed by atoms with Gasteiger partial charge in [-0.1, -0.05) is 6.92 Å². The highest BCUT2D eigenvalue weighted by Crippen LogP contribution is 2.24. The van der Waals surface area contributed by atoms with Crippen molar-refractivity contribution in [2.75, 3.05) is 14.2 Å². The zero-order valence-corrected chi connectivity index (χ0v) is 10.00. The summed E-state index contributed by atoms with van der Waals surface area (Å²) in [5, 5.41) is 11.1. The van der Waals surface area contributed by atoms with Crippen LogP contribution in [0.3, 0.4) is 0 Å². The zero-order valence-electron chi connectivity index (χ0n) is 10.00. The minimum absolute atomic E-state index is 0.110. The van der Waals surface area contributed by atoms with Gasteiger partial charge in [0.15, 0.2) is 0 Å². The van der Waals surface area contributed by atoms with Crippen molar-refractivity contribution < 1.29 is 9.15 Å². The molecule has 0 radical (unpaired) electrons. The molecule has 1 heterocycles. The van der Waals surface area contributed by atoms with E-state index in [-0.39, 0.29) is 6.04 Å². The third-order valence-corrected chi connectivity index (χ3v) is 2.52. The van der Waals surface area contributed by atoms with Crippen LogP contribution in [-0.4, -0.2) is 24.4 Å². The summed E-state index contributed by atoms with van der Waals surface area (Å²) in [4.78, 5) is 0. The highest BCUT2D eigenvalue weighted by Gasteiger charge is 2.28. The molecule has 1 N–H and O–H groups in total. The van der Waals surface area contributed by atoms with Crippen molar-refractivity contribution in [1.82, 2.24) is 15.5 Å². The zero-order chi connectivity index (χ0) is 11.5. The third-order valence-electron chi connectivity index (χ3n) is 2.52. The van der Waals surface area contributed by atoms with E-state index in [1.54, 1.807) is 7.11 Å². The molecule has 0 bridgehead atoms. The maximum absolute atomic E-state index is 5.57. The van der Waals surface area contributed by atoms with Gasteiger partial charge < -0.3 is 14.5 Å². The van der Waals surface area contributed by atoms with Crippen LogP contribution >= 0.6 is 0 Å². The first-order valence-corrected chi connectivity index (χ1v) is 5.11. The van der Waals surface area contributed by atoms with Gasteiger partial charge in [-0.2, -0.15) is 0 Å². The standard InChI is InChI=1S/C10H19N3O2/c1-6-7(11-4)8-12-13-9(15-8)10(2,3)14-5/h7,11H,6H2,1-5H3. The number of nitrogens with zero attached hydrogens (tertiary/aromatic N) is 2. The first-order valence-electron chi connectivity index (χ1n) is 5.11. The van der Waals surface area contributed by atoms with Gasteiger partial charge in [-0.3, -0.25) is 0 Å². The van der Waals surface area contributed by atoms with Crippen LogP contribution in [0, 0.1) is 0 Å². The lowest BCUT2D eigenvalue weighted by molar-refractivity contribution is -0.00490. The van der Waals surface area contributed by atoms with Crippen molar-refractivity contribution in [3.63, 3.8) is 0 Å². The van der Waals surface area contributed by atoms with Crippen molar-refractivity contribution in [3.05, 3.63) is 11.8 Å². The number of hydrogen-bond donors (Lipinski definition) is 1. The fraction of sp³-hybridized carbons (Fsp3) is 0.800. The normalized spacial score (nSPS) is 14.2. The van der Waals surface area contributed by atoms with Crippen molar-refractivity contribution in [3.8, 4) is 0 Å². The van der Waals surface area contributed by atoms with Crippen LogP contribution in [0.1, 0.15) is 45.0 Å². The molecule has 0 saturated carbocycles. The van der Waals surface area contributed by atoms with Crippen LogP contribution < -0.4 is 5.32 Å². The average molecular weight is 213 g/mol. The largest absolute Gasteiger partial charge is 0.420 e. The summed E-state index contributed by atoms with van der Waals surface area (Å²) in [7, 11) is 3.50. The molecule has 0 aliphatic carbocycles. The van der Waals surface area contributed by atoms with Gasteiger partial charge in [-0.15, -0.1) is 10.2 Å². The van der Waals surface area contributed by atoms with Gasteiger partial charge in [-0.05, 0) is 27.3 Å². The van der Waals surface area contributed by atoms with E-state index in [9.17, 15) is 0 Å². The molecular weight excluding hydrogens is 194 g/mol. The Morgan fingerprint density at radius 2 is 2.13 bits per heavy atom. The molecule has 86 valence electrons. The number of aromatic nitrogens is 2. The molecule has 0 saturated heterocycles. The molecule has 0 aliphatic rings. The van der Waals surface area contributed by atoms with Crippen molar-refractivity contribution in [2.45, 2.75) is 38.8 Å². The minimum atomic E-state index is -0.530. The molecule has 1 aromatic rings. The van der Waals surface area contributed by atoms with Crippen molar-refractivity contribution >= 4 is 0 Å². The molecule has 1 unspecified atom stereocenters. The van der Waals surface area contributed by atoms with E-state index >= 15 is 0 Å². The molecule has 5 heteroatoms. The molecule has 5 nitrogen and oxygen atoms in total. The Morgan fingerprint density at radius 1 is 1.47 bits per heavy atom. The van der Waals surface area contributed by atoms with Crippen molar-refractivity contribution in [2.24, 2.45) is 0 Å². The summed E-state index contributed by atoms with van der Waals surface area (Å²) in [6.07, 6.45) is 0.908. The number of nitrogens with one attached hydrogen (secondary N) is 1. The second-order valence-electron chi connectivity index (χ2n) is 3.91. The Hall–Kier alpha value is -0.940. The summed E-state index contributed by atoms with van der Waals surface area (Å²) in [5.74, 6) is 1.12. The molecule has 0 fully saturated rings. The second-order valence-corrected chi connectivity index (χ2v) is 3.91. The van der Waals surface area contributed by atoms with Gasteiger partial charge in [-0.25, -0.2) is 0 Å². The Labute approximate surface area is 90.2 Å². The molecule has 0 aromatic carbocycles. The highest BCUT2D eigenvalue weighted by molar-refractivity contribution is 4.95. The lowest BCUT2D eigenvalue weighted by Crippen LogP contribution is -2.20. The van der Waals surface area contributed by atoms with E-state index in [4.69, 9.17) is 9.15 Å². The lowest BCUT2D eigenvalue weighted by atomic mass is 10.1. The summed E-state index contributed by atoms with van der Waals surface area (Å²) >= 11 is 0. The van der Waals surface area contributed by atoms with Crippen LogP contribution in [0.2, 0.25) is 0 Å². The van der Waals surface area contributed by atoms with E-state index in [1.165, 1.54) is 0 Å². The SMILES string of the molecule is CCC(NC)c1nnc(C(C)(C)OC)o1. The van der Waals surface area contributed by atoms with E-state index in [2.05, 4.69) is 22.4 Å². The summed E-state index contributed by atoms with van der Waals surface area (Å²) in [6.45, 7) is 5.85. The number of hydrogen-bond acceptors (Lipinski definition) is 5. The molecule has 15 heavy (non-hydrogen) atoms. The van der Waals surface area contributed by atoms with Gasteiger partial charge in [0.2, 0.25) is 11.8 Å². The smallest absolute Gasteiger partial charge is 0.247 e. The molecule has 1 rings (SSSR count). The molecular formula is C10H19N3O2. The summed E-state index contributed by atoms with van der Waals surface area (Å²) < 4.78 is 10.8. The number of ether oxygens (including phenoxy) is 1. The monoisotopic (exact) mass is 213 g/mol. The van der Waals surface area contributed by atoms with Gasteiger partial charge in [0.05, 0.1) is 6.04 Å². The number of rotatable bonds is 5. The van der Waals surface area contributed by atoms with Crippen LogP contribution in [0.4, 0.5) is 0 Å². The summed E-state index contributed by atoms with van der Waals surface area (Å²) in [6, 6.07) is 0.110. The molecule has 0 amide bonds. The Balaban J connectivity index is 2.89. The molecule has 0 spiro atoms. The van der Waals surface area contributed by atoms with Gasteiger partial charge in [0.1, 0.15) is 5.60 Å². The number of methoxy groups -OCH3 is 1. The Morgan fingerprint density at radius 3 is 2.60 bits per heavy atom. The molecule has 0 aliphatic heterocycles. The Bertz CT molecular complexity index is 305. The third kappa shape index (κ3) is 2.54. The Kier molecular flexibility index (Phi) is 3.82. The van der Waals surface area contributed by atoms with Gasteiger partial charge in [0.25, 0.3) is 0 Å². The maximum atomic E-state index is 5.57. The van der Waals surface area contributed by atoms with E-state index in [0.717, 1.165) is 6.42 Å². The average Bonchev–Trinajstić information content (AvgIpc) is 2.70. The quantitative estimate of drug-likeness (QED) is 0.805. The maximum Gasteiger partial charge on any atom is 0.247 e. The van der Waals surface area contributed by atoms with Crippen LogP contribution in [-0.2, 0) is 10.3 Å². The van der Waals surface area contributed by atoms with E-state index in [0.29, 0.717) is 11.8 Å². The van der Waals surface area contributed by atoms with Crippen molar-refractivity contribution in [1.29, 1.82) is 0 Å². The first kappa shape index (κ1) is 12.1. The fourth-order valence-electron chi connectivity index (χ4n) is 1.21. The van der Waals surface area contributed by atoms with Gasteiger partial charge in [0, 0.05) is 7.11 Å². The van der Waals surface area contributed by atoms with E-state index in [1.807, 2.05) is 20.9 Å². The second kappa shape index (κ2) is 4.72. The minimum Gasteiger partial charge on any atom is -0.420 e.